The standard InChI is InChI=1S/C21H29N3O5S/c1-16(2)21-22-19(29-23-21)15-28-20(25)12-9-17-7-10-18(11-8-17)30(26,27)24-13-5-3-4-6-14-24/h7-8,10-11,16H,3-6,9,12-15H2,1-2H3. The Bertz CT molecular complexity index is 930. The number of aromatic nitrogens is 2. The van der Waals surface area contributed by atoms with Crippen molar-refractivity contribution in [1.82, 2.24) is 14.4 Å². The fourth-order valence-corrected chi connectivity index (χ4v) is 4.80. The number of nitrogens with zero attached hydrogens (tertiary/aromatic N) is 3. The number of carbonyl (C=O) groups is 1. The molecule has 1 fully saturated rings. The van der Waals surface area contributed by atoms with E-state index < -0.39 is 10.0 Å². The lowest BCUT2D eigenvalue weighted by molar-refractivity contribution is -0.145. The molecule has 1 aromatic carbocycles. The molecule has 0 atom stereocenters. The molecule has 3 rings (SSSR count). The zero-order chi connectivity index (χ0) is 21.6. The molecule has 9 heteroatoms. The largest absolute Gasteiger partial charge is 0.456 e. The van der Waals surface area contributed by atoms with Gasteiger partial charge in [-0.1, -0.05) is 44.0 Å². The molecule has 1 aliphatic heterocycles. The molecule has 2 heterocycles. The van der Waals surface area contributed by atoms with E-state index in [1.54, 1.807) is 28.6 Å². The minimum atomic E-state index is -3.46. The monoisotopic (exact) mass is 435 g/mol. The SMILES string of the molecule is CC(C)c1noc(COC(=O)CCc2ccc(S(=O)(=O)N3CCCCCC3)cc2)n1. The Morgan fingerprint density at radius 1 is 1.13 bits per heavy atom. The van der Waals surface area contributed by atoms with Gasteiger partial charge >= 0.3 is 5.97 Å². The summed E-state index contributed by atoms with van der Waals surface area (Å²) in [5, 5.41) is 3.82. The van der Waals surface area contributed by atoms with E-state index in [0.29, 0.717) is 30.2 Å². The van der Waals surface area contributed by atoms with Gasteiger partial charge in [0.1, 0.15) is 0 Å². The van der Waals surface area contributed by atoms with E-state index >= 15 is 0 Å². The van der Waals surface area contributed by atoms with Crippen LogP contribution in [-0.4, -0.2) is 41.9 Å². The zero-order valence-electron chi connectivity index (χ0n) is 17.5. The molecule has 8 nitrogen and oxygen atoms in total. The lowest BCUT2D eigenvalue weighted by Gasteiger charge is -2.20. The predicted octanol–water partition coefficient (Wildman–Crippen LogP) is 3.43. The molecule has 0 unspecified atom stereocenters. The lowest BCUT2D eigenvalue weighted by Crippen LogP contribution is -2.31. The predicted molar refractivity (Wildman–Crippen MR) is 110 cm³/mol. The molecule has 0 bridgehead atoms. The number of sulfonamides is 1. The Labute approximate surface area is 177 Å². The van der Waals surface area contributed by atoms with E-state index in [1.807, 2.05) is 13.8 Å². The van der Waals surface area contributed by atoms with Gasteiger partial charge in [0.25, 0.3) is 5.89 Å². The van der Waals surface area contributed by atoms with Crippen LogP contribution in [0, 0.1) is 0 Å². The maximum Gasteiger partial charge on any atom is 0.306 e. The maximum absolute atomic E-state index is 12.8. The van der Waals surface area contributed by atoms with Crippen molar-refractivity contribution in [1.29, 1.82) is 0 Å². The van der Waals surface area contributed by atoms with Crippen LogP contribution in [-0.2, 0) is 32.6 Å². The molecule has 0 radical (unpaired) electrons. The van der Waals surface area contributed by atoms with Crippen molar-refractivity contribution in [2.45, 2.75) is 69.8 Å². The summed E-state index contributed by atoms with van der Waals surface area (Å²) in [5.41, 5.74) is 0.877. The first kappa shape index (κ1) is 22.4. The van der Waals surface area contributed by atoms with Crippen LogP contribution in [0.15, 0.2) is 33.7 Å². The fourth-order valence-electron chi connectivity index (χ4n) is 3.28. The van der Waals surface area contributed by atoms with Gasteiger partial charge in [-0.2, -0.15) is 9.29 Å². The van der Waals surface area contributed by atoms with Crippen LogP contribution in [0.1, 0.15) is 69.1 Å². The average molecular weight is 436 g/mol. The third kappa shape index (κ3) is 5.89. The van der Waals surface area contributed by atoms with E-state index in [9.17, 15) is 13.2 Å². The minimum Gasteiger partial charge on any atom is -0.456 e. The normalized spacial score (nSPS) is 15.8. The van der Waals surface area contributed by atoms with Crippen LogP contribution in [0.5, 0.6) is 0 Å². The Morgan fingerprint density at radius 3 is 2.40 bits per heavy atom. The van der Waals surface area contributed by atoms with E-state index in [-0.39, 0.29) is 30.8 Å². The number of benzene rings is 1. The van der Waals surface area contributed by atoms with Crippen molar-refractivity contribution in [3.8, 4) is 0 Å². The van der Waals surface area contributed by atoms with Gasteiger partial charge < -0.3 is 9.26 Å². The number of aryl methyl sites for hydroxylation is 1. The molecule has 0 N–H and O–H groups in total. The van der Waals surface area contributed by atoms with E-state index in [4.69, 9.17) is 9.26 Å². The number of rotatable bonds is 8. The smallest absolute Gasteiger partial charge is 0.306 e. The van der Waals surface area contributed by atoms with Crippen molar-refractivity contribution in [3.63, 3.8) is 0 Å². The highest BCUT2D eigenvalue weighted by Crippen LogP contribution is 2.21. The third-order valence-electron chi connectivity index (χ3n) is 5.10. The summed E-state index contributed by atoms with van der Waals surface area (Å²) in [6, 6.07) is 6.75. The summed E-state index contributed by atoms with van der Waals surface area (Å²) in [6.07, 6.45) is 4.61. The zero-order valence-corrected chi connectivity index (χ0v) is 18.4. The topological polar surface area (TPSA) is 103 Å². The summed E-state index contributed by atoms with van der Waals surface area (Å²) in [6.45, 7) is 5.00. The van der Waals surface area contributed by atoms with Crippen molar-refractivity contribution in [3.05, 3.63) is 41.5 Å². The van der Waals surface area contributed by atoms with Crippen LogP contribution in [0.25, 0.3) is 0 Å². The maximum atomic E-state index is 12.8. The van der Waals surface area contributed by atoms with E-state index in [2.05, 4.69) is 10.1 Å². The number of carbonyl (C=O) groups excluding carboxylic acids is 1. The molecule has 0 spiro atoms. The molecule has 30 heavy (non-hydrogen) atoms. The fraction of sp³-hybridized carbons (Fsp3) is 0.571. The molecule has 0 saturated carbocycles. The van der Waals surface area contributed by atoms with Gasteiger partial charge in [-0.25, -0.2) is 8.42 Å². The van der Waals surface area contributed by atoms with Crippen LogP contribution >= 0.6 is 0 Å². The third-order valence-corrected chi connectivity index (χ3v) is 7.01. The van der Waals surface area contributed by atoms with Gasteiger partial charge in [-0.05, 0) is 37.0 Å². The van der Waals surface area contributed by atoms with Gasteiger partial charge in [0.2, 0.25) is 10.0 Å². The molecule has 0 amide bonds. The Balaban J connectivity index is 1.49. The van der Waals surface area contributed by atoms with Crippen molar-refractivity contribution >= 4 is 16.0 Å². The molecule has 1 aromatic heterocycles. The first-order valence-electron chi connectivity index (χ1n) is 10.4. The van der Waals surface area contributed by atoms with Crippen molar-refractivity contribution in [2.24, 2.45) is 0 Å². The molecule has 0 aliphatic carbocycles. The van der Waals surface area contributed by atoms with Gasteiger partial charge in [-0.3, -0.25) is 4.79 Å². The number of esters is 1. The Hall–Kier alpha value is -2.26. The summed E-state index contributed by atoms with van der Waals surface area (Å²) in [7, 11) is -3.46. The first-order chi connectivity index (χ1) is 14.4. The highest BCUT2D eigenvalue weighted by Gasteiger charge is 2.24. The van der Waals surface area contributed by atoms with E-state index in [0.717, 1.165) is 31.2 Å². The van der Waals surface area contributed by atoms with Crippen LogP contribution in [0.4, 0.5) is 0 Å². The molecule has 164 valence electrons. The van der Waals surface area contributed by atoms with Crippen molar-refractivity contribution < 1.29 is 22.5 Å². The summed E-state index contributed by atoms with van der Waals surface area (Å²) >= 11 is 0. The molecular formula is C21H29N3O5S. The minimum absolute atomic E-state index is 0.0500. The van der Waals surface area contributed by atoms with Crippen molar-refractivity contribution in [2.75, 3.05) is 13.1 Å². The number of ether oxygens (including phenoxy) is 1. The molecule has 1 aliphatic rings. The number of hydrogen-bond donors (Lipinski definition) is 0. The second kappa shape index (κ2) is 10.2. The van der Waals surface area contributed by atoms with E-state index in [1.165, 1.54) is 0 Å². The molecular weight excluding hydrogens is 406 g/mol. The highest BCUT2D eigenvalue weighted by atomic mass is 32.2. The summed E-state index contributed by atoms with van der Waals surface area (Å²) in [5.74, 6) is 0.622. The van der Waals surface area contributed by atoms with Crippen LogP contribution < -0.4 is 0 Å². The Morgan fingerprint density at radius 2 is 1.80 bits per heavy atom. The quantitative estimate of drug-likeness (QED) is 0.585. The highest BCUT2D eigenvalue weighted by molar-refractivity contribution is 7.89. The van der Waals surface area contributed by atoms with Crippen LogP contribution in [0.3, 0.4) is 0 Å². The van der Waals surface area contributed by atoms with Gasteiger partial charge in [0, 0.05) is 25.4 Å². The molecule has 1 saturated heterocycles. The average Bonchev–Trinajstić information content (AvgIpc) is 3.04. The number of hydrogen-bond acceptors (Lipinski definition) is 7. The second-order valence-corrected chi connectivity index (χ2v) is 9.76. The van der Waals surface area contributed by atoms with Gasteiger partial charge in [-0.15, -0.1) is 0 Å². The summed E-state index contributed by atoms with van der Waals surface area (Å²) < 4.78 is 37.4. The lowest BCUT2D eigenvalue weighted by atomic mass is 10.1. The first-order valence-corrected chi connectivity index (χ1v) is 11.9. The Kier molecular flexibility index (Phi) is 7.60. The second-order valence-electron chi connectivity index (χ2n) is 7.82. The molecule has 2 aromatic rings. The van der Waals surface area contributed by atoms with Crippen LogP contribution in [0.2, 0.25) is 0 Å². The van der Waals surface area contributed by atoms with Gasteiger partial charge in [0.05, 0.1) is 4.90 Å². The van der Waals surface area contributed by atoms with Gasteiger partial charge in [0.15, 0.2) is 12.4 Å². The summed E-state index contributed by atoms with van der Waals surface area (Å²) in [4.78, 5) is 16.4.